The lowest BCUT2D eigenvalue weighted by molar-refractivity contribution is -0.153. The summed E-state index contributed by atoms with van der Waals surface area (Å²) in [5, 5.41) is 48.6. The third-order valence-corrected chi connectivity index (χ3v) is 8.68. The third kappa shape index (κ3) is 4.19. The summed E-state index contributed by atoms with van der Waals surface area (Å²) in [6, 6.07) is 9.81. The van der Waals surface area contributed by atoms with Crippen LogP contribution >= 0.6 is 0 Å². The molecule has 0 spiro atoms. The van der Waals surface area contributed by atoms with Crippen LogP contribution in [0.3, 0.4) is 0 Å². The summed E-state index contributed by atoms with van der Waals surface area (Å²) >= 11 is 0. The maximum absolute atomic E-state index is 14.1. The smallest absolute Gasteiger partial charge is 0.255 e. The summed E-state index contributed by atoms with van der Waals surface area (Å²) in [6.45, 7) is 1.64. The molecule has 0 unspecified atom stereocenters. The van der Waals surface area contributed by atoms with Crippen LogP contribution < -0.4 is 11.1 Å². The Bertz CT molecular complexity index is 1590. The second-order valence-corrected chi connectivity index (χ2v) is 11.2. The standard InChI is InChI=1S/C31H33N3O8/c1-4-20(35)33-13-16-11-17(14-8-6-5-7-9-14)18-10-15-12-19-24(34(2)3)27(38)23(30(32)41)29(40)31(19,42)28(39)21(15)26(37)22(18)25(16)36/h5-9,11,15,19,24,36-37,40,42H,4,10,12-13H2,1-3H3,(H2,32,41)(H,33,35)/t15-,19-,24-,31-/m0/s1. The minimum atomic E-state index is -2.71. The van der Waals surface area contributed by atoms with Crippen LogP contribution in [0.15, 0.2) is 53.3 Å². The molecule has 1 saturated carbocycles. The number of Topliss-reactive ketones (excluding diaryl/α,β-unsaturated/α-hetero) is 2. The van der Waals surface area contributed by atoms with E-state index < -0.39 is 58.0 Å². The summed E-state index contributed by atoms with van der Waals surface area (Å²) in [7, 11) is 3.11. The number of aliphatic hydroxyl groups excluding tert-OH is 2. The Morgan fingerprint density at radius 2 is 1.79 bits per heavy atom. The number of primary amides is 1. The van der Waals surface area contributed by atoms with E-state index in [0.29, 0.717) is 16.7 Å². The fraction of sp³-hybridized carbons (Fsp3) is 0.355. The highest BCUT2D eigenvalue weighted by Crippen LogP contribution is 2.54. The monoisotopic (exact) mass is 575 g/mol. The van der Waals surface area contributed by atoms with Gasteiger partial charge in [0, 0.05) is 30.0 Å². The maximum Gasteiger partial charge on any atom is 0.255 e. The van der Waals surface area contributed by atoms with E-state index in [4.69, 9.17) is 5.73 Å². The molecule has 42 heavy (non-hydrogen) atoms. The molecule has 2 aromatic rings. The molecule has 220 valence electrons. The number of nitrogens with one attached hydrogen (secondary N) is 1. The van der Waals surface area contributed by atoms with Crippen LogP contribution in [-0.2, 0) is 32.1 Å². The van der Waals surface area contributed by atoms with Gasteiger partial charge < -0.3 is 31.5 Å². The second-order valence-electron chi connectivity index (χ2n) is 11.2. The molecule has 11 heteroatoms. The van der Waals surface area contributed by atoms with Crippen LogP contribution in [0.25, 0.3) is 16.9 Å². The third-order valence-electron chi connectivity index (χ3n) is 8.68. The molecule has 2 aromatic carbocycles. The largest absolute Gasteiger partial charge is 0.508 e. The predicted octanol–water partition coefficient (Wildman–Crippen LogP) is 1.66. The molecule has 0 aromatic heterocycles. The Labute approximate surface area is 241 Å². The lowest BCUT2D eigenvalue weighted by Crippen LogP contribution is -2.65. The summed E-state index contributed by atoms with van der Waals surface area (Å²) in [5.74, 6) is -7.32. The number of benzene rings is 2. The summed E-state index contributed by atoms with van der Waals surface area (Å²) in [4.78, 5) is 53.0. The minimum Gasteiger partial charge on any atom is -0.508 e. The van der Waals surface area contributed by atoms with Gasteiger partial charge in [0.1, 0.15) is 22.8 Å². The van der Waals surface area contributed by atoms with Crippen molar-refractivity contribution >= 4 is 29.1 Å². The van der Waals surface area contributed by atoms with Gasteiger partial charge in [-0.05, 0) is 55.6 Å². The Balaban J connectivity index is 1.75. The highest BCUT2D eigenvalue weighted by Gasteiger charge is 2.64. The molecule has 5 rings (SSSR count). The topological polar surface area (TPSA) is 190 Å². The molecule has 2 amide bonds. The maximum atomic E-state index is 14.1. The van der Waals surface area contributed by atoms with Gasteiger partial charge in [-0.3, -0.25) is 24.1 Å². The number of ketones is 2. The van der Waals surface area contributed by atoms with Crippen LogP contribution in [-0.4, -0.2) is 74.4 Å². The number of nitrogens with two attached hydrogens (primary N) is 1. The lowest BCUT2D eigenvalue weighted by atomic mass is 9.57. The number of amides is 2. The van der Waals surface area contributed by atoms with E-state index in [2.05, 4.69) is 5.32 Å². The molecule has 3 aliphatic carbocycles. The van der Waals surface area contributed by atoms with Crippen molar-refractivity contribution in [1.82, 2.24) is 10.2 Å². The van der Waals surface area contributed by atoms with E-state index >= 15 is 0 Å². The fourth-order valence-electron chi connectivity index (χ4n) is 6.70. The van der Waals surface area contributed by atoms with Gasteiger partial charge in [0.2, 0.25) is 11.7 Å². The Kier molecular flexibility index (Phi) is 7.20. The molecule has 0 saturated heterocycles. The van der Waals surface area contributed by atoms with E-state index in [-0.39, 0.29) is 48.6 Å². The highest BCUT2D eigenvalue weighted by atomic mass is 16.3. The zero-order valence-electron chi connectivity index (χ0n) is 23.5. The van der Waals surface area contributed by atoms with Crippen molar-refractivity contribution in [2.24, 2.45) is 17.6 Å². The van der Waals surface area contributed by atoms with E-state index in [1.165, 1.54) is 4.90 Å². The summed E-state index contributed by atoms with van der Waals surface area (Å²) in [6.07, 6.45) is 0.381. The van der Waals surface area contributed by atoms with Crippen molar-refractivity contribution in [2.75, 3.05) is 14.1 Å². The van der Waals surface area contributed by atoms with Crippen LogP contribution in [0.5, 0.6) is 5.75 Å². The number of fused-ring (bicyclic) bond motifs is 3. The summed E-state index contributed by atoms with van der Waals surface area (Å²) < 4.78 is 0. The molecule has 0 bridgehead atoms. The van der Waals surface area contributed by atoms with Gasteiger partial charge in [0.25, 0.3) is 5.91 Å². The normalized spacial score (nSPS) is 25.2. The number of likely N-dealkylation sites (N-methyl/N-ethyl adjacent to an activating group) is 1. The number of aromatic hydroxyl groups is 1. The van der Waals surface area contributed by atoms with Crippen LogP contribution in [0.2, 0.25) is 0 Å². The fourth-order valence-corrected chi connectivity index (χ4v) is 6.70. The molecule has 0 aliphatic heterocycles. The van der Waals surface area contributed by atoms with Gasteiger partial charge in [0.15, 0.2) is 11.4 Å². The van der Waals surface area contributed by atoms with Gasteiger partial charge in [-0.1, -0.05) is 37.3 Å². The molecule has 11 nitrogen and oxygen atoms in total. The molecular weight excluding hydrogens is 542 g/mol. The average Bonchev–Trinajstić information content (AvgIpc) is 2.94. The van der Waals surface area contributed by atoms with Crippen LogP contribution in [0.1, 0.15) is 36.5 Å². The van der Waals surface area contributed by atoms with Crippen molar-refractivity contribution in [1.29, 1.82) is 0 Å². The van der Waals surface area contributed by atoms with Gasteiger partial charge in [-0.25, -0.2) is 0 Å². The SMILES string of the molecule is CCC(=O)NCc1cc(-c2ccccc2)c2c(c1O)C(O)=C1C(=O)[C@]3(O)C(O)=C(C(N)=O)C(=O)[C@@H](N(C)C)[C@@H]3C[C@@H]1C2. The number of hydrogen-bond acceptors (Lipinski definition) is 9. The summed E-state index contributed by atoms with van der Waals surface area (Å²) in [5.41, 5.74) is 3.86. The second kappa shape index (κ2) is 10.4. The Hall–Kier alpha value is -4.48. The highest BCUT2D eigenvalue weighted by molar-refractivity contribution is 6.24. The number of aliphatic hydroxyl groups is 3. The molecular formula is C31H33N3O8. The molecule has 1 fully saturated rings. The number of carbonyl (C=O) groups is 4. The number of phenolic OH excluding ortho intramolecular Hbond substituents is 1. The number of carbonyl (C=O) groups excluding carboxylic acids is 4. The average molecular weight is 576 g/mol. The lowest BCUT2D eigenvalue weighted by Gasteiger charge is -2.50. The molecule has 7 N–H and O–H groups in total. The van der Waals surface area contributed by atoms with Gasteiger partial charge in [0.05, 0.1) is 11.6 Å². The Morgan fingerprint density at radius 3 is 2.38 bits per heavy atom. The number of phenols is 1. The quantitative estimate of drug-likeness (QED) is 0.278. The van der Waals surface area contributed by atoms with Gasteiger partial charge in [-0.15, -0.1) is 0 Å². The first-order valence-electron chi connectivity index (χ1n) is 13.7. The van der Waals surface area contributed by atoms with E-state index in [0.717, 1.165) is 5.56 Å². The first-order chi connectivity index (χ1) is 19.8. The first kappa shape index (κ1) is 29.0. The van der Waals surface area contributed by atoms with Crippen molar-refractivity contribution in [3.63, 3.8) is 0 Å². The number of rotatable bonds is 6. The van der Waals surface area contributed by atoms with Crippen LogP contribution in [0.4, 0.5) is 0 Å². The molecule has 0 heterocycles. The Morgan fingerprint density at radius 1 is 1.12 bits per heavy atom. The number of nitrogens with zero attached hydrogens (tertiary/aromatic N) is 1. The minimum absolute atomic E-state index is 0.00490. The van der Waals surface area contributed by atoms with E-state index in [9.17, 15) is 39.6 Å². The van der Waals surface area contributed by atoms with Crippen molar-refractivity contribution < 1.29 is 39.6 Å². The van der Waals surface area contributed by atoms with Crippen molar-refractivity contribution in [3.05, 3.63) is 70.0 Å². The van der Waals surface area contributed by atoms with Gasteiger partial charge >= 0.3 is 0 Å². The first-order valence-corrected chi connectivity index (χ1v) is 13.7. The molecule has 4 atom stereocenters. The number of hydrogen-bond donors (Lipinski definition) is 6. The molecule has 3 aliphatic rings. The van der Waals surface area contributed by atoms with Crippen molar-refractivity contribution in [2.45, 2.75) is 44.4 Å². The van der Waals surface area contributed by atoms with Crippen LogP contribution in [0, 0.1) is 11.8 Å². The zero-order chi connectivity index (χ0) is 30.7. The van der Waals surface area contributed by atoms with E-state index in [1.54, 1.807) is 27.1 Å². The molecule has 0 radical (unpaired) electrons. The predicted molar refractivity (Wildman–Crippen MR) is 152 cm³/mol. The van der Waals surface area contributed by atoms with E-state index in [1.807, 2.05) is 30.3 Å². The van der Waals surface area contributed by atoms with Crippen molar-refractivity contribution in [3.8, 4) is 16.9 Å². The zero-order valence-corrected chi connectivity index (χ0v) is 23.5. The van der Waals surface area contributed by atoms with Gasteiger partial charge in [-0.2, -0.15) is 0 Å².